The quantitative estimate of drug-likeness (QED) is 0.703. The predicted octanol–water partition coefficient (Wildman–Crippen LogP) is -0.199. The van der Waals surface area contributed by atoms with Crippen molar-refractivity contribution in [3.63, 3.8) is 0 Å². The number of hydrogen-bond acceptors (Lipinski definition) is 8. The van der Waals surface area contributed by atoms with Crippen LogP contribution in [0.2, 0.25) is 0 Å². The van der Waals surface area contributed by atoms with E-state index in [1.165, 1.54) is 20.5 Å². The predicted molar refractivity (Wildman–Crippen MR) is 91.6 cm³/mol. The first-order valence-electron chi connectivity index (χ1n) is 8.25. The van der Waals surface area contributed by atoms with E-state index in [0.717, 1.165) is 0 Å². The molecule has 1 aliphatic rings. The number of aromatic amines is 1. The molecule has 0 aliphatic carbocycles. The Kier molecular flexibility index (Phi) is 5.50. The number of amides is 1. The second-order valence-corrected chi connectivity index (χ2v) is 5.86. The number of hydrogen-bond donors (Lipinski definition) is 2. The lowest BCUT2D eigenvalue weighted by molar-refractivity contribution is -0.144. The standard InChI is InChI=1S/C16H20N6O5/c1-26-11-4-3-10(14(19-11)27-2)12(16(24)25)21-5-7-22(8-6-21)15(23)13-17-9-18-20-13/h3-4,9,12H,5-8H2,1-2H3,(H,24,25)(H,17,18,20)/t12-/m0/s1. The molecule has 2 N–H and O–H groups in total. The molecule has 3 rings (SSSR count). The maximum absolute atomic E-state index is 12.3. The van der Waals surface area contributed by atoms with E-state index in [4.69, 9.17) is 9.47 Å². The maximum atomic E-state index is 12.3. The number of rotatable bonds is 6. The fraction of sp³-hybridized carbons (Fsp3) is 0.438. The lowest BCUT2D eigenvalue weighted by Crippen LogP contribution is -2.51. The highest BCUT2D eigenvalue weighted by molar-refractivity contribution is 5.90. The fourth-order valence-corrected chi connectivity index (χ4v) is 3.05. The number of carboxylic acids is 1. The van der Waals surface area contributed by atoms with Gasteiger partial charge >= 0.3 is 5.97 Å². The van der Waals surface area contributed by atoms with E-state index < -0.39 is 12.0 Å². The fourth-order valence-electron chi connectivity index (χ4n) is 3.05. The third kappa shape index (κ3) is 3.82. The van der Waals surface area contributed by atoms with Crippen molar-refractivity contribution in [2.75, 3.05) is 40.4 Å². The molecule has 0 spiro atoms. The molecule has 1 saturated heterocycles. The Bertz CT molecular complexity index is 804. The highest BCUT2D eigenvalue weighted by Gasteiger charge is 2.34. The number of carboxylic acid groups (broad SMARTS) is 1. The number of methoxy groups -OCH3 is 2. The van der Waals surface area contributed by atoms with Crippen molar-refractivity contribution in [2.24, 2.45) is 0 Å². The number of nitrogens with one attached hydrogen (secondary N) is 1. The zero-order valence-corrected chi connectivity index (χ0v) is 15.0. The van der Waals surface area contributed by atoms with E-state index in [2.05, 4.69) is 20.2 Å². The Labute approximate surface area is 154 Å². The number of ether oxygens (including phenoxy) is 2. The van der Waals surface area contributed by atoms with Gasteiger partial charge in [0.15, 0.2) is 0 Å². The number of carbonyl (C=O) groups excluding carboxylic acids is 1. The summed E-state index contributed by atoms with van der Waals surface area (Å²) >= 11 is 0. The SMILES string of the molecule is COc1ccc([C@@H](C(=O)O)N2CCN(C(=O)c3ncn[nH]3)CC2)c(OC)n1. The zero-order valence-electron chi connectivity index (χ0n) is 15.0. The van der Waals surface area contributed by atoms with Gasteiger partial charge in [0, 0.05) is 37.8 Å². The van der Waals surface area contributed by atoms with Crippen LogP contribution in [0.4, 0.5) is 0 Å². The molecule has 0 bridgehead atoms. The first-order chi connectivity index (χ1) is 13.0. The highest BCUT2D eigenvalue weighted by Crippen LogP contribution is 2.31. The molecule has 3 heterocycles. The van der Waals surface area contributed by atoms with Crippen molar-refractivity contribution in [1.82, 2.24) is 30.0 Å². The molecule has 1 amide bonds. The summed E-state index contributed by atoms with van der Waals surface area (Å²) in [6, 6.07) is 2.29. The number of H-pyrrole nitrogens is 1. The summed E-state index contributed by atoms with van der Waals surface area (Å²) in [6.07, 6.45) is 1.27. The van der Waals surface area contributed by atoms with Crippen LogP contribution in [-0.2, 0) is 4.79 Å². The van der Waals surface area contributed by atoms with E-state index in [1.807, 2.05) is 0 Å². The van der Waals surface area contributed by atoms with Crippen molar-refractivity contribution in [1.29, 1.82) is 0 Å². The summed E-state index contributed by atoms with van der Waals surface area (Å²) in [7, 11) is 2.90. The van der Waals surface area contributed by atoms with Crippen molar-refractivity contribution in [3.8, 4) is 11.8 Å². The van der Waals surface area contributed by atoms with E-state index in [-0.39, 0.29) is 17.6 Å². The van der Waals surface area contributed by atoms with Crippen LogP contribution in [0, 0.1) is 0 Å². The summed E-state index contributed by atoms with van der Waals surface area (Å²) < 4.78 is 10.3. The first-order valence-corrected chi connectivity index (χ1v) is 8.25. The van der Waals surface area contributed by atoms with Crippen LogP contribution >= 0.6 is 0 Å². The third-order valence-electron chi connectivity index (χ3n) is 4.38. The number of pyridine rings is 1. The van der Waals surface area contributed by atoms with Crippen LogP contribution in [-0.4, -0.2) is 87.3 Å². The van der Waals surface area contributed by atoms with Crippen molar-refractivity contribution < 1.29 is 24.2 Å². The van der Waals surface area contributed by atoms with Crippen LogP contribution < -0.4 is 9.47 Å². The van der Waals surface area contributed by atoms with Crippen LogP contribution in [0.3, 0.4) is 0 Å². The maximum Gasteiger partial charge on any atom is 0.325 e. The van der Waals surface area contributed by atoms with Gasteiger partial charge in [0.1, 0.15) is 12.4 Å². The molecule has 1 atom stereocenters. The van der Waals surface area contributed by atoms with Gasteiger partial charge < -0.3 is 19.5 Å². The highest BCUT2D eigenvalue weighted by atomic mass is 16.5. The molecule has 1 fully saturated rings. The average molecular weight is 376 g/mol. The molecule has 144 valence electrons. The molecule has 11 heteroatoms. The van der Waals surface area contributed by atoms with Gasteiger partial charge in [-0.1, -0.05) is 0 Å². The Morgan fingerprint density at radius 1 is 1.19 bits per heavy atom. The normalized spacial score (nSPS) is 16.0. The largest absolute Gasteiger partial charge is 0.481 e. The minimum absolute atomic E-state index is 0.166. The molecule has 0 radical (unpaired) electrons. The topological polar surface area (TPSA) is 134 Å². The van der Waals surface area contributed by atoms with Gasteiger partial charge in [-0.05, 0) is 6.07 Å². The number of carbonyl (C=O) groups is 2. The minimum atomic E-state index is -1.02. The van der Waals surface area contributed by atoms with Gasteiger partial charge in [0.05, 0.1) is 14.2 Å². The lowest BCUT2D eigenvalue weighted by atomic mass is 10.1. The van der Waals surface area contributed by atoms with E-state index in [0.29, 0.717) is 37.6 Å². The second kappa shape index (κ2) is 7.99. The van der Waals surface area contributed by atoms with Crippen LogP contribution in [0.25, 0.3) is 0 Å². The number of aromatic nitrogens is 4. The van der Waals surface area contributed by atoms with Crippen molar-refractivity contribution in [2.45, 2.75) is 6.04 Å². The number of piperazine rings is 1. The van der Waals surface area contributed by atoms with Crippen LogP contribution in [0.15, 0.2) is 18.5 Å². The van der Waals surface area contributed by atoms with Crippen LogP contribution in [0.1, 0.15) is 22.2 Å². The second-order valence-electron chi connectivity index (χ2n) is 5.86. The molecule has 0 aromatic carbocycles. The molecule has 27 heavy (non-hydrogen) atoms. The third-order valence-corrected chi connectivity index (χ3v) is 4.38. The van der Waals surface area contributed by atoms with Gasteiger partial charge in [0.2, 0.25) is 17.6 Å². The van der Waals surface area contributed by atoms with Gasteiger partial charge in [-0.3, -0.25) is 19.6 Å². The smallest absolute Gasteiger partial charge is 0.325 e. The Balaban J connectivity index is 1.76. The molecule has 2 aromatic rings. The first kappa shape index (κ1) is 18.6. The van der Waals surface area contributed by atoms with Gasteiger partial charge in [0.25, 0.3) is 5.91 Å². The molecular weight excluding hydrogens is 356 g/mol. The molecule has 11 nitrogen and oxygen atoms in total. The molecule has 0 saturated carbocycles. The van der Waals surface area contributed by atoms with Gasteiger partial charge in [-0.25, -0.2) is 4.98 Å². The summed E-state index contributed by atoms with van der Waals surface area (Å²) in [6.45, 7) is 1.50. The molecule has 2 aromatic heterocycles. The van der Waals surface area contributed by atoms with E-state index in [9.17, 15) is 14.7 Å². The summed E-state index contributed by atoms with van der Waals surface area (Å²) in [5, 5.41) is 16.0. The minimum Gasteiger partial charge on any atom is -0.481 e. The number of aliphatic carboxylic acids is 1. The van der Waals surface area contributed by atoms with E-state index in [1.54, 1.807) is 21.9 Å². The molecule has 1 aliphatic heterocycles. The molecule has 0 unspecified atom stereocenters. The Morgan fingerprint density at radius 3 is 2.48 bits per heavy atom. The molecular formula is C16H20N6O5. The zero-order chi connectivity index (χ0) is 19.4. The van der Waals surface area contributed by atoms with E-state index >= 15 is 0 Å². The average Bonchev–Trinajstić information content (AvgIpc) is 3.23. The Hall–Kier alpha value is -3.21. The summed E-state index contributed by atoms with van der Waals surface area (Å²) in [4.78, 5) is 35.7. The number of nitrogens with zero attached hydrogens (tertiary/aromatic N) is 5. The monoisotopic (exact) mass is 376 g/mol. The van der Waals surface area contributed by atoms with Crippen molar-refractivity contribution >= 4 is 11.9 Å². The van der Waals surface area contributed by atoms with Crippen molar-refractivity contribution in [3.05, 3.63) is 29.8 Å². The Morgan fingerprint density at radius 2 is 1.93 bits per heavy atom. The van der Waals surface area contributed by atoms with Crippen LogP contribution in [0.5, 0.6) is 11.8 Å². The van der Waals surface area contributed by atoms with Gasteiger partial charge in [-0.15, -0.1) is 0 Å². The lowest BCUT2D eigenvalue weighted by Gasteiger charge is -2.37. The summed E-state index contributed by atoms with van der Waals surface area (Å²) in [5.74, 6) is -0.582. The summed E-state index contributed by atoms with van der Waals surface area (Å²) in [5.41, 5.74) is 0.431. The van der Waals surface area contributed by atoms with Gasteiger partial charge in [-0.2, -0.15) is 10.1 Å².